The minimum absolute atomic E-state index is 0.119. The standard InChI is InChI=1S/C14H10N4O4S/c19-11(20)6-23-13-10-5-17-18(12(10)15-7-16-13)9-3-1-2-8(4-9)14(21)22/h1-5,7H,6H2,(H,19,20)(H,21,22). The lowest BCUT2D eigenvalue weighted by Crippen LogP contribution is -2.02. The molecule has 0 bridgehead atoms. The molecule has 0 unspecified atom stereocenters. The molecule has 23 heavy (non-hydrogen) atoms. The number of hydrogen-bond donors (Lipinski definition) is 2. The average molecular weight is 330 g/mol. The number of aromatic nitrogens is 4. The fourth-order valence-electron chi connectivity index (χ4n) is 2.03. The quantitative estimate of drug-likeness (QED) is 0.536. The second-order valence-electron chi connectivity index (χ2n) is 4.51. The zero-order valence-electron chi connectivity index (χ0n) is 11.6. The molecule has 0 saturated heterocycles. The van der Waals surface area contributed by atoms with Crippen molar-refractivity contribution in [3.63, 3.8) is 0 Å². The summed E-state index contributed by atoms with van der Waals surface area (Å²) >= 11 is 1.08. The van der Waals surface area contributed by atoms with E-state index in [1.807, 2.05) is 0 Å². The van der Waals surface area contributed by atoms with Crippen LogP contribution in [0.4, 0.5) is 0 Å². The van der Waals surface area contributed by atoms with E-state index >= 15 is 0 Å². The smallest absolute Gasteiger partial charge is 0.335 e. The molecular formula is C14H10N4O4S. The molecule has 3 rings (SSSR count). The first kappa shape index (κ1) is 15.0. The fourth-order valence-corrected chi connectivity index (χ4v) is 2.71. The summed E-state index contributed by atoms with van der Waals surface area (Å²) < 4.78 is 1.49. The van der Waals surface area contributed by atoms with Crippen LogP contribution in [0.25, 0.3) is 16.7 Å². The molecule has 2 N–H and O–H groups in total. The zero-order chi connectivity index (χ0) is 16.4. The van der Waals surface area contributed by atoms with E-state index < -0.39 is 11.9 Å². The lowest BCUT2D eigenvalue weighted by atomic mass is 10.2. The number of hydrogen-bond acceptors (Lipinski definition) is 6. The predicted octanol–water partition coefficient (Wildman–Crippen LogP) is 1.69. The van der Waals surface area contributed by atoms with Crippen LogP contribution in [0.3, 0.4) is 0 Å². The van der Waals surface area contributed by atoms with Crippen LogP contribution in [0.2, 0.25) is 0 Å². The lowest BCUT2D eigenvalue weighted by Gasteiger charge is -2.04. The van der Waals surface area contributed by atoms with Crippen LogP contribution in [0.1, 0.15) is 10.4 Å². The first-order valence-electron chi connectivity index (χ1n) is 6.43. The summed E-state index contributed by atoms with van der Waals surface area (Å²) in [6.45, 7) is 0. The van der Waals surface area contributed by atoms with Crippen molar-refractivity contribution in [3.8, 4) is 5.69 Å². The molecule has 0 spiro atoms. The van der Waals surface area contributed by atoms with Gasteiger partial charge in [0.2, 0.25) is 0 Å². The van der Waals surface area contributed by atoms with Crippen molar-refractivity contribution in [2.75, 3.05) is 5.75 Å². The highest BCUT2D eigenvalue weighted by Crippen LogP contribution is 2.25. The molecular weight excluding hydrogens is 320 g/mol. The summed E-state index contributed by atoms with van der Waals surface area (Å²) in [6, 6.07) is 6.31. The van der Waals surface area contributed by atoms with Crippen molar-refractivity contribution in [1.82, 2.24) is 19.7 Å². The Bertz CT molecular complexity index is 909. The van der Waals surface area contributed by atoms with Crippen LogP contribution in [-0.2, 0) is 4.79 Å². The van der Waals surface area contributed by atoms with Gasteiger partial charge in [0, 0.05) is 0 Å². The Morgan fingerprint density at radius 1 is 1.22 bits per heavy atom. The van der Waals surface area contributed by atoms with Gasteiger partial charge in [0.1, 0.15) is 11.4 Å². The third-order valence-electron chi connectivity index (χ3n) is 3.00. The van der Waals surface area contributed by atoms with Crippen molar-refractivity contribution in [1.29, 1.82) is 0 Å². The summed E-state index contributed by atoms with van der Waals surface area (Å²) in [6.07, 6.45) is 2.86. The molecule has 2 aromatic heterocycles. The van der Waals surface area contributed by atoms with Gasteiger partial charge in [0.05, 0.1) is 28.6 Å². The number of fused-ring (bicyclic) bond motifs is 1. The maximum atomic E-state index is 11.1. The number of carboxylic acids is 2. The third kappa shape index (κ3) is 2.99. The van der Waals surface area contributed by atoms with Crippen LogP contribution in [0, 0.1) is 0 Å². The molecule has 1 aromatic carbocycles. The Labute approximate surface area is 133 Å². The zero-order valence-corrected chi connectivity index (χ0v) is 12.4. The molecule has 8 nitrogen and oxygen atoms in total. The summed E-state index contributed by atoms with van der Waals surface area (Å²) in [5.41, 5.74) is 1.17. The largest absolute Gasteiger partial charge is 0.481 e. The first-order chi connectivity index (χ1) is 11.1. The number of aromatic carboxylic acids is 1. The molecule has 0 saturated carbocycles. The molecule has 0 aliphatic rings. The Balaban J connectivity index is 2.06. The van der Waals surface area contributed by atoms with E-state index in [-0.39, 0.29) is 11.3 Å². The molecule has 0 aliphatic carbocycles. The SMILES string of the molecule is O=C(O)CSc1ncnc2c1cnn2-c1cccc(C(=O)O)c1. The van der Waals surface area contributed by atoms with E-state index in [2.05, 4.69) is 15.1 Å². The van der Waals surface area contributed by atoms with E-state index in [1.165, 1.54) is 29.3 Å². The van der Waals surface area contributed by atoms with Crippen LogP contribution < -0.4 is 0 Å². The highest BCUT2D eigenvalue weighted by molar-refractivity contribution is 8.00. The molecule has 0 fully saturated rings. The fraction of sp³-hybridized carbons (Fsp3) is 0.0714. The average Bonchev–Trinajstić information content (AvgIpc) is 2.97. The number of carbonyl (C=O) groups is 2. The van der Waals surface area contributed by atoms with E-state index in [4.69, 9.17) is 10.2 Å². The summed E-state index contributed by atoms with van der Waals surface area (Å²) in [7, 11) is 0. The van der Waals surface area contributed by atoms with E-state index in [9.17, 15) is 9.59 Å². The lowest BCUT2D eigenvalue weighted by molar-refractivity contribution is -0.133. The molecule has 9 heteroatoms. The van der Waals surface area contributed by atoms with Crippen LogP contribution in [0.15, 0.2) is 41.8 Å². The molecule has 0 amide bonds. The van der Waals surface area contributed by atoms with Gasteiger partial charge in [-0.2, -0.15) is 5.10 Å². The van der Waals surface area contributed by atoms with Crippen molar-refractivity contribution >= 4 is 34.7 Å². The second kappa shape index (κ2) is 6.05. The van der Waals surface area contributed by atoms with E-state index in [1.54, 1.807) is 12.1 Å². The molecule has 3 aromatic rings. The van der Waals surface area contributed by atoms with E-state index in [0.717, 1.165) is 11.8 Å². The van der Waals surface area contributed by atoms with Gasteiger partial charge in [0.15, 0.2) is 5.65 Å². The predicted molar refractivity (Wildman–Crippen MR) is 82.0 cm³/mol. The molecule has 0 aliphatic heterocycles. The van der Waals surface area contributed by atoms with Crippen molar-refractivity contribution < 1.29 is 19.8 Å². The monoisotopic (exact) mass is 330 g/mol. The van der Waals surface area contributed by atoms with Gasteiger partial charge in [-0.05, 0) is 18.2 Å². The minimum atomic E-state index is -1.03. The minimum Gasteiger partial charge on any atom is -0.481 e. The van der Waals surface area contributed by atoms with Gasteiger partial charge in [-0.3, -0.25) is 4.79 Å². The first-order valence-corrected chi connectivity index (χ1v) is 7.42. The molecule has 0 atom stereocenters. The van der Waals surface area contributed by atoms with Gasteiger partial charge < -0.3 is 10.2 Å². The number of nitrogens with zero attached hydrogens (tertiary/aromatic N) is 4. The summed E-state index contributed by atoms with van der Waals surface area (Å²) in [5, 5.41) is 23.2. The van der Waals surface area contributed by atoms with Gasteiger partial charge in [-0.1, -0.05) is 17.8 Å². The highest BCUT2D eigenvalue weighted by atomic mass is 32.2. The Kier molecular flexibility index (Phi) is 3.94. The third-order valence-corrected chi connectivity index (χ3v) is 3.99. The van der Waals surface area contributed by atoms with Crippen molar-refractivity contribution in [2.45, 2.75) is 5.03 Å². The number of carboxylic acid groups (broad SMARTS) is 2. The number of thioether (sulfide) groups is 1. The van der Waals surface area contributed by atoms with Crippen LogP contribution in [0.5, 0.6) is 0 Å². The normalized spacial score (nSPS) is 10.8. The molecule has 116 valence electrons. The van der Waals surface area contributed by atoms with Crippen LogP contribution >= 0.6 is 11.8 Å². The topological polar surface area (TPSA) is 118 Å². The van der Waals surface area contributed by atoms with Gasteiger partial charge in [-0.25, -0.2) is 19.4 Å². The number of aliphatic carboxylic acids is 1. The number of rotatable bonds is 5. The molecule has 2 heterocycles. The van der Waals surface area contributed by atoms with Gasteiger partial charge in [-0.15, -0.1) is 0 Å². The van der Waals surface area contributed by atoms with E-state index in [0.29, 0.717) is 21.7 Å². The highest BCUT2D eigenvalue weighted by Gasteiger charge is 2.13. The van der Waals surface area contributed by atoms with Crippen LogP contribution in [-0.4, -0.2) is 47.7 Å². The maximum absolute atomic E-state index is 11.1. The second-order valence-corrected chi connectivity index (χ2v) is 5.47. The van der Waals surface area contributed by atoms with Gasteiger partial charge in [0.25, 0.3) is 0 Å². The summed E-state index contributed by atoms with van der Waals surface area (Å²) in [5.74, 6) is -2.09. The Hall–Kier alpha value is -2.94. The van der Waals surface area contributed by atoms with Crippen molar-refractivity contribution in [3.05, 3.63) is 42.4 Å². The Morgan fingerprint density at radius 3 is 2.78 bits per heavy atom. The number of benzene rings is 1. The Morgan fingerprint density at radius 2 is 2.04 bits per heavy atom. The summed E-state index contributed by atoms with van der Waals surface area (Å²) in [4.78, 5) is 30.0. The molecule has 0 radical (unpaired) electrons. The maximum Gasteiger partial charge on any atom is 0.335 e. The van der Waals surface area contributed by atoms with Gasteiger partial charge >= 0.3 is 11.9 Å². The van der Waals surface area contributed by atoms with Crippen molar-refractivity contribution in [2.24, 2.45) is 0 Å².